The van der Waals surface area contributed by atoms with Gasteiger partial charge in [0.2, 0.25) is 0 Å². The normalized spacial score (nSPS) is 53.8. The smallest absolute Gasteiger partial charge is 0.0303 e. The van der Waals surface area contributed by atoms with Crippen molar-refractivity contribution in [3.05, 3.63) is 0 Å². The lowest BCUT2D eigenvalue weighted by Crippen LogP contribution is -2.54. The summed E-state index contributed by atoms with van der Waals surface area (Å²) in [5.41, 5.74) is 0.470. The van der Waals surface area contributed by atoms with Gasteiger partial charge in [-0.25, -0.2) is 0 Å². The van der Waals surface area contributed by atoms with E-state index in [1.165, 1.54) is 19.3 Å². The molecule has 0 atom stereocenters. The second kappa shape index (κ2) is 1.12. The van der Waals surface area contributed by atoms with Crippen LogP contribution in [0.5, 0.6) is 0 Å². The summed E-state index contributed by atoms with van der Waals surface area (Å²) in [7, 11) is 0. The molecule has 0 heteroatoms. The molecule has 0 aromatic carbocycles. The molecule has 0 aromatic rings. The van der Waals surface area contributed by atoms with Crippen molar-refractivity contribution in [1.29, 1.82) is 0 Å². The van der Waals surface area contributed by atoms with Gasteiger partial charge in [0.1, 0.15) is 0 Å². The topological polar surface area (TPSA) is 0 Å². The molecule has 0 heterocycles. The summed E-state index contributed by atoms with van der Waals surface area (Å²) in [6.07, 6.45) is 4.05. The first-order chi connectivity index (χ1) is 4.04. The first-order valence-electron chi connectivity index (χ1n) is 4.04. The van der Waals surface area contributed by atoms with Gasteiger partial charge >= 0.3 is 0 Å². The van der Waals surface area contributed by atoms with Crippen LogP contribution in [0.15, 0.2) is 0 Å². The third kappa shape index (κ3) is 0.340. The Hall–Kier alpha value is 0. The van der Waals surface area contributed by atoms with Crippen molar-refractivity contribution in [2.75, 3.05) is 0 Å². The molecule has 0 N–H and O–H groups in total. The van der Waals surface area contributed by atoms with Crippen LogP contribution in [-0.2, 0) is 0 Å². The van der Waals surface area contributed by atoms with E-state index in [0.717, 1.165) is 5.92 Å². The van der Waals surface area contributed by atoms with Crippen LogP contribution in [0.3, 0.4) is 0 Å². The molecule has 0 spiro atoms. The van der Waals surface area contributed by atoms with Gasteiger partial charge in [0.25, 0.3) is 0 Å². The first-order valence-corrected chi connectivity index (χ1v) is 3.54. The van der Waals surface area contributed by atoms with Crippen LogP contribution >= 0.6 is 0 Å². The summed E-state index contributed by atoms with van der Waals surface area (Å²) in [6, 6.07) is 0. The summed E-state index contributed by atoms with van der Waals surface area (Å²) in [6.45, 7) is 4.12. The minimum Gasteiger partial charge on any atom is -0.0622 e. The zero-order valence-electron chi connectivity index (χ0n) is 6.70. The Morgan fingerprint density at radius 1 is 1.50 bits per heavy atom. The molecule has 0 unspecified atom stereocenters. The van der Waals surface area contributed by atoms with Crippen molar-refractivity contribution in [1.82, 2.24) is 0 Å². The Labute approximate surface area is 52.7 Å². The van der Waals surface area contributed by atoms with Crippen LogP contribution in [0.25, 0.3) is 0 Å². The molecule has 0 aromatic heterocycles. The molecular formula is C8H14. The molecule has 2 bridgehead atoms. The predicted octanol–water partition coefficient (Wildman–Crippen LogP) is 2.44. The summed E-state index contributed by atoms with van der Waals surface area (Å²) in [5, 5.41) is 0. The lowest BCUT2D eigenvalue weighted by Gasteiger charge is -2.64. The Morgan fingerprint density at radius 3 is 2.00 bits per heavy atom. The van der Waals surface area contributed by atoms with Gasteiger partial charge in [0.05, 0.1) is 0 Å². The zero-order chi connectivity index (χ0) is 6.70. The second-order valence-corrected chi connectivity index (χ2v) is 3.76. The molecule has 3 saturated carbocycles. The third-order valence-corrected chi connectivity index (χ3v) is 3.10. The van der Waals surface area contributed by atoms with E-state index in [-0.39, 0.29) is 5.89 Å². The summed E-state index contributed by atoms with van der Waals surface area (Å²) in [4.78, 5) is 0. The SMILES string of the molecule is [2H]C(C)(C)C12CC(C1)C2. The third-order valence-electron chi connectivity index (χ3n) is 3.10. The monoisotopic (exact) mass is 111 g/mol. The minimum atomic E-state index is -0.151. The average molecular weight is 111 g/mol. The highest BCUT2D eigenvalue weighted by atomic mass is 14.6. The van der Waals surface area contributed by atoms with Crippen LogP contribution in [0.1, 0.15) is 34.5 Å². The van der Waals surface area contributed by atoms with Crippen molar-refractivity contribution in [3.63, 3.8) is 0 Å². The van der Waals surface area contributed by atoms with Crippen molar-refractivity contribution < 1.29 is 1.37 Å². The van der Waals surface area contributed by atoms with Crippen molar-refractivity contribution in [2.24, 2.45) is 17.2 Å². The van der Waals surface area contributed by atoms with E-state index in [0.29, 0.717) is 5.41 Å². The van der Waals surface area contributed by atoms with Gasteiger partial charge in [0, 0.05) is 1.37 Å². The second-order valence-electron chi connectivity index (χ2n) is 3.76. The van der Waals surface area contributed by atoms with Gasteiger partial charge in [-0.3, -0.25) is 0 Å². The fourth-order valence-corrected chi connectivity index (χ4v) is 2.09. The van der Waals surface area contributed by atoms with Crippen molar-refractivity contribution >= 4 is 0 Å². The summed E-state index contributed by atoms with van der Waals surface area (Å²) < 4.78 is 7.82. The molecule has 0 aliphatic heterocycles. The van der Waals surface area contributed by atoms with Gasteiger partial charge in [-0.05, 0) is 36.5 Å². The fraction of sp³-hybridized carbons (Fsp3) is 1.00. The van der Waals surface area contributed by atoms with E-state index in [4.69, 9.17) is 1.37 Å². The van der Waals surface area contributed by atoms with Crippen LogP contribution in [0.2, 0.25) is 0 Å². The molecule has 3 aliphatic carbocycles. The van der Waals surface area contributed by atoms with Crippen LogP contribution < -0.4 is 0 Å². The lowest BCUT2D eigenvalue weighted by molar-refractivity contribution is -0.141. The van der Waals surface area contributed by atoms with Gasteiger partial charge in [-0.2, -0.15) is 0 Å². The van der Waals surface area contributed by atoms with E-state index >= 15 is 0 Å². The maximum absolute atomic E-state index is 7.82. The van der Waals surface area contributed by atoms with E-state index in [1.54, 1.807) is 0 Å². The highest BCUT2D eigenvalue weighted by Gasteiger charge is 2.57. The molecule has 0 amide bonds. The maximum atomic E-state index is 7.82. The molecule has 3 fully saturated rings. The van der Waals surface area contributed by atoms with E-state index < -0.39 is 0 Å². The quantitative estimate of drug-likeness (QED) is 0.487. The van der Waals surface area contributed by atoms with E-state index in [2.05, 4.69) is 13.8 Å². The molecule has 8 heavy (non-hydrogen) atoms. The highest BCUT2D eigenvalue weighted by Crippen LogP contribution is 2.67. The first kappa shape index (κ1) is 3.92. The Balaban J connectivity index is 2.13. The van der Waals surface area contributed by atoms with E-state index in [1.807, 2.05) is 0 Å². The fourth-order valence-electron chi connectivity index (χ4n) is 2.09. The minimum absolute atomic E-state index is 0.151. The Bertz CT molecular complexity index is 126. The van der Waals surface area contributed by atoms with Gasteiger partial charge in [0.15, 0.2) is 0 Å². The lowest BCUT2D eigenvalue weighted by atomic mass is 9.41. The summed E-state index contributed by atoms with van der Waals surface area (Å²) in [5.74, 6) is 0.872. The number of hydrogen-bond acceptors (Lipinski definition) is 0. The molecular weight excluding hydrogens is 96.1 g/mol. The molecule has 0 saturated heterocycles. The Kier molecular flexibility index (Phi) is 0.549. The molecule has 46 valence electrons. The van der Waals surface area contributed by atoms with Crippen molar-refractivity contribution in [2.45, 2.75) is 33.1 Å². The standard InChI is InChI=1S/C8H14/c1-6(2)8-3-7(4-8)5-8/h6-7H,3-5H2,1-2H3/i6D. The van der Waals surface area contributed by atoms with Crippen LogP contribution in [0, 0.1) is 17.2 Å². The van der Waals surface area contributed by atoms with Gasteiger partial charge in [-0.15, -0.1) is 0 Å². The average Bonchev–Trinajstić information content (AvgIpc) is 1.08. The number of rotatable bonds is 1. The van der Waals surface area contributed by atoms with E-state index in [9.17, 15) is 0 Å². The zero-order valence-corrected chi connectivity index (χ0v) is 5.70. The largest absolute Gasteiger partial charge is 0.0622 e. The molecule has 0 nitrogen and oxygen atoms in total. The van der Waals surface area contributed by atoms with Gasteiger partial charge < -0.3 is 0 Å². The highest BCUT2D eigenvalue weighted by molar-refractivity contribution is 5.07. The molecule has 3 aliphatic rings. The predicted molar refractivity (Wildman–Crippen MR) is 34.6 cm³/mol. The molecule has 3 rings (SSSR count). The maximum Gasteiger partial charge on any atom is 0.0303 e. The van der Waals surface area contributed by atoms with Gasteiger partial charge in [-0.1, -0.05) is 13.8 Å². The van der Waals surface area contributed by atoms with Crippen LogP contribution in [-0.4, -0.2) is 0 Å². The Morgan fingerprint density at radius 2 is 2.00 bits per heavy atom. The van der Waals surface area contributed by atoms with Crippen LogP contribution in [0.4, 0.5) is 0 Å². The number of hydrogen-bond donors (Lipinski definition) is 0. The van der Waals surface area contributed by atoms with Crippen molar-refractivity contribution in [3.8, 4) is 0 Å². The summed E-state index contributed by atoms with van der Waals surface area (Å²) >= 11 is 0. The molecule has 0 radical (unpaired) electrons.